The van der Waals surface area contributed by atoms with Gasteiger partial charge in [-0.05, 0) is 94.7 Å². The Labute approximate surface area is 210 Å². The van der Waals surface area contributed by atoms with Gasteiger partial charge in [0.15, 0.2) is 0 Å². The second kappa shape index (κ2) is 12.2. The van der Waals surface area contributed by atoms with E-state index in [4.69, 9.17) is 14.2 Å². The van der Waals surface area contributed by atoms with E-state index >= 15 is 0 Å². The number of carbonyl (C=O) groups is 2. The third kappa shape index (κ3) is 6.78. The molecule has 0 atom stereocenters. The first-order valence-corrected chi connectivity index (χ1v) is 13.8. The normalized spacial score (nSPS) is 26.7. The molecule has 0 aromatic heterocycles. The second-order valence-electron chi connectivity index (χ2n) is 10.8. The van der Waals surface area contributed by atoms with Crippen molar-refractivity contribution >= 4 is 17.6 Å². The minimum Gasteiger partial charge on any atom is -0.494 e. The van der Waals surface area contributed by atoms with E-state index in [1.54, 1.807) is 6.07 Å². The number of esters is 1. The third-order valence-corrected chi connectivity index (χ3v) is 7.92. The zero-order chi connectivity index (χ0) is 24.8. The van der Waals surface area contributed by atoms with E-state index in [0.717, 1.165) is 64.2 Å². The number of anilines is 1. The Hall–Kier alpha value is -2.08. The number of amides is 1. The van der Waals surface area contributed by atoms with Crippen molar-refractivity contribution in [3.63, 3.8) is 0 Å². The summed E-state index contributed by atoms with van der Waals surface area (Å²) in [7, 11) is 1.39. The van der Waals surface area contributed by atoms with Gasteiger partial charge in [0.2, 0.25) is 5.91 Å². The van der Waals surface area contributed by atoms with Gasteiger partial charge in [0.05, 0.1) is 37.2 Å². The SMILES string of the molecule is CCCCOc1ccc(N(C(=O)[C@H]2CC[C@H](C)CC2)[C@H]2CC[C@H](OC3CC3)CC2)c(C(=O)OC)c1. The molecule has 3 saturated carbocycles. The standard InChI is InChI=1S/C29H43NO5/c1-4-5-18-34-25-16-17-27(26(19-25)29(32)33-3)30(28(31)21-8-6-20(2)7-9-21)22-10-12-23(13-11-22)35-24-14-15-24/h16-17,19-24H,4-15,18H2,1-3H3/t20-,21-,22-,23-. The number of hydrogen-bond acceptors (Lipinski definition) is 5. The van der Waals surface area contributed by atoms with Gasteiger partial charge in [-0.2, -0.15) is 0 Å². The summed E-state index contributed by atoms with van der Waals surface area (Å²) in [6.45, 7) is 4.99. The zero-order valence-corrected chi connectivity index (χ0v) is 21.8. The Bertz CT molecular complexity index is 851. The first kappa shape index (κ1) is 26.0. The highest BCUT2D eigenvalue weighted by Gasteiger charge is 2.38. The summed E-state index contributed by atoms with van der Waals surface area (Å²) in [6, 6.07) is 5.60. The molecule has 3 fully saturated rings. The molecular weight excluding hydrogens is 442 g/mol. The van der Waals surface area contributed by atoms with Crippen LogP contribution in [-0.4, -0.2) is 43.8 Å². The molecule has 0 saturated heterocycles. The summed E-state index contributed by atoms with van der Waals surface area (Å²) in [6.07, 6.45) is 12.8. The van der Waals surface area contributed by atoms with Crippen molar-refractivity contribution in [3.05, 3.63) is 23.8 Å². The smallest absolute Gasteiger partial charge is 0.340 e. The number of rotatable bonds is 10. The van der Waals surface area contributed by atoms with Crippen molar-refractivity contribution < 1.29 is 23.8 Å². The van der Waals surface area contributed by atoms with Crippen LogP contribution in [0.15, 0.2) is 18.2 Å². The number of methoxy groups -OCH3 is 1. The second-order valence-corrected chi connectivity index (χ2v) is 10.8. The maximum absolute atomic E-state index is 14.0. The van der Waals surface area contributed by atoms with E-state index in [9.17, 15) is 9.59 Å². The number of carbonyl (C=O) groups excluding carboxylic acids is 2. The van der Waals surface area contributed by atoms with Gasteiger partial charge in [-0.25, -0.2) is 4.79 Å². The fourth-order valence-electron chi connectivity index (χ4n) is 5.54. The Kier molecular flexibility index (Phi) is 9.10. The first-order chi connectivity index (χ1) is 17.0. The van der Waals surface area contributed by atoms with Crippen molar-refractivity contribution in [2.45, 2.75) is 109 Å². The summed E-state index contributed by atoms with van der Waals surface area (Å²) < 4.78 is 17.2. The molecule has 0 N–H and O–H groups in total. The zero-order valence-electron chi connectivity index (χ0n) is 21.8. The van der Waals surface area contributed by atoms with Crippen LogP contribution in [0.4, 0.5) is 5.69 Å². The fourth-order valence-corrected chi connectivity index (χ4v) is 5.54. The Balaban J connectivity index is 1.60. The molecule has 35 heavy (non-hydrogen) atoms. The predicted molar refractivity (Wildman–Crippen MR) is 137 cm³/mol. The van der Waals surface area contributed by atoms with Crippen LogP contribution >= 0.6 is 0 Å². The third-order valence-electron chi connectivity index (χ3n) is 7.92. The molecule has 3 aliphatic rings. The summed E-state index contributed by atoms with van der Waals surface area (Å²) in [5, 5.41) is 0. The number of ether oxygens (including phenoxy) is 3. The molecule has 194 valence electrons. The van der Waals surface area contributed by atoms with E-state index in [0.29, 0.717) is 41.7 Å². The van der Waals surface area contributed by atoms with E-state index in [1.165, 1.54) is 20.0 Å². The largest absolute Gasteiger partial charge is 0.494 e. The topological polar surface area (TPSA) is 65.1 Å². The molecule has 0 unspecified atom stereocenters. The molecule has 0 radical (unpaired) electrons. The van der Waals surface area contributed by atoms with Gasteiger partial charge < -0.3 is 19.1 Å². The van der Waals surface area contributed by atoms with Gasteiger partial charge in [-0.15, -0.1) is 0 Å². The van der Waals surface area contributed by atoms with Gasteiger partial charge >= 0.3 is 5.97 Å². The quantitative estimate of drug-likeness (QED) is 0.287. The first-order valence-electron chi connectivity index (χ1n) is 13.8. The number of hydrogen-bond donors (Lipinski definition) is 0. The molecule has 6 heteroatoms. The van der Waals surface area contributed by atoms with Crippen LogP contribution in [0.5, 0.6) is 5.75 Å². The van der Waals surface area contributed by atoms with Gasteiger partial charge in [0, 0.05) is 12.0 Å². The summed E-state index contributed by atoms with van der Waals surface area (Å²) in [4.78, 5) is 28.9. The van der Waals surface area contributed by atoms with Crippen LogP contribution < -0.4 is 9.64 Å². The Morgan fingerprint density at radius 3 is 2.20 bits per heavy atom. The van der Waals surface area contributed by atoms with Crippen molar-refractivity contribution in [1.82, 2.24) is 0 Å². The Morgan fingerprint density at radius 1 is 0.943 bits per heavy atom. The lowest BCUT2D eigenvalue weighted by molar-refractivity contribution is -0.124. The molecule has 6 nitrogen and oxygen atoms in total. The molecule has 4 rings (SSSR count). The maximum atomic E-state index is 14.0. The predicted octanol–water partition coefficient (Wildman–Crippen LogP) is 6.30. The van der Waals surface area contributed by atoms with Gasteiger partial charge in [0.1, 0.15) is 5.75 Å². The highest BCUT2D eigenvalue weighted by molar-refractivity contribution is 6.04. The average Bonchev–Trinajstić information content (AvgIpc) is 3.70. The summed E-state index contributed by atoms with van der Waals surface area (Å²) in [5.74, 6) is 1.06. The molecule has 0 aliphatic heterocycles. The average molecular weight is 486 g/mol. The number of unbranched alkanes of at least 4 members (excludes halogenated alkanes) is 1. The highest BCUT2D eigenvalue weighted by Crippen LogP contribution is 2.38. The van der Waals surface area contributed by atoms with Crippen LogP contribution in [0, 0.1) is 11.8 Å². The fraction of sp³-hybridized carbons (Fsp3) is 0.724. The van der Waals surface area contributed by atoms with Crippen molar-refractivity contribution in [2.24, 2.45) is 11.8 Å². The van der Waals surface area contributed by atoms with Crippen LogP contribution in [0.3, 0.4) is 0 Å². The molecule has 1 amide bonds. The molecule has 0 spiro atoms. The van der Waals surface area contributed by atoms with E-state index < -0.39 is 5.97 Å². The lowest BCUT2D eigenvalue weighted by Crippen LogP contribution is -2.47. The van der Waals surface area contributed by atoms with Gasteiger partial charge in [-0.1, -0.05) is 20.3 Å². The molecule has 3 aliphatic carbocycles. The van der Waals surface area contributed by atoms with E-state index in [1.807, 2.05) is 17.0 Å². The molecule has 0 heterocycles. The van der Waals surface area contributed by atoms with Gasteiger partial charge in [0.25, 0.3) is 0 Å². The Morgan fingerprint density at radius 2 is 1.60 bits per heavy atom. The maximum Gasteiger partial charge on any atom is 0.340 e. The van der Waals surface area contributed by atoms with Crippen LogP contribution in [-0.2, 0) is 14.3 Å². The van der Waals surface area contributed by atoms with E-state index in [2.05, 4.69) is 13.8 Å². The van der Waals surface area contributed by atoms with Gasteiger partial charge in [-0.3, -0.25) is 4.79 Å². The molecule has 0 bridgehead atoms. The lowest BCUT2D eigenvalue weighted by atomic mass is 9.81. The van der Waals surface area contributed by atoms with Crippen molar-refractivity contribution in [2.75, 3.05) is 18.6 Å². The minimum atomic E-state index is -0.429. The lowest BCUT2D eigenvalue weighted by Gasteiger charge is -2.40. The molecule has 1 aromatic carbocycles. The summed E-state index contributed by atoms with van der Waals surface area (Å²) >= 11 is 0. The minimum absolute atomic E-state index is 0.0117. The summed E-state index contributed by atoms with van der Waals surface area (Å²) in [5.41, 5.74) is 1.07. The van der Waals surface area contributed by atoms with Crippen molar-refractivity contribution in [1.29, 1.82) is 0 Å². The molecule has 1 aromatic rings. The van der Waals surface area contributed by atoms with Crippen LogP contribution in [0.2, 0.25) is 0 Å². The van der Waals surface area contributed by atoms with E-state index in [-0.39, 0.29) is 17.9 Å². The van der Waals surface area contributed by atoms with Crippen LogP contribution in [0.1, 0.15) is 101 Å². The molecular formula is C29H43NO5. The number of benzene rings is 1. The highest BCUT2D eigenvalue weighted by atomic mass is 16.5. The number of nitrogens with zero attached hydrogens (tertiary/aromatic N) is 1. The van der Waals surface area contributed by atoms with Crippen LogP contribution in [0.25, 0.3) is 0 Å². The van der Waals surface area contributed by atoms with Crippen molar-refractivity contribution in [3.8, 4) is 5.75 Å². The monoisotopic (exact) mass is 485 g/mol.